The lowest BCUT2D eigenvalue weighted by atomic mass is 9.76. The highest BCUT2D eigenvalue weighted by molar-refractivity contribution is 5.94. The van der Waals surface area contributed by atoms with Gasteiger partial charge in [-0.05, 0) is 5.56 Å². The van der Waals surface area contributed by atoms with Crippen molar-refractivity contribution in [2.24, 2.45) is 0 Å². The summed E-state index contributed by atoms with van der Waals surface area (Å²) in [6.45, 7) is 1.56. The highest BCUT2D eigenvalue weighted by Gasteiger charge is 2.61. The molecular formula is C12H13NO3. The Hall–Kier alpha value is -1.39. The third-order valence-electron chi connectivity index (χ3n) is 3.41. The van der Waals surface area contributed by atoms with Gasteiger partial charge in [-0.2, -0.15) is 0 Å². The first-order valence-corrected chi connectivity index (χ1v) is 5.41. The van der Waals surface area contributed by atoms with Gasteiger partial charge in [0.2, 0.25) is 0 Å². The van der Waals surface area contributed by atoms with Crippen LogP contribution in [0.5, 0.6) is 0 Å². The van der Waals surface area contributed by atoms with E-state index in [-0.39, 0.29) is 11.9 Å². The van der Waals surface area contributed by atoms with Crippen LogP contribution in [0.4, 0.5) is 0 Å². The van der Waals surface area contributed by atoms with Crippen LogP contribution in [0.2, 0.25) is 0 Å². The Balaban J connectivity index is 1.97. The van der Waals surface area contributed by atoms with E-state index in [4.69, 9.17) is 4.74 Å². The summed E-state index contributed by atoms with van der Waals surface area (Å²) in [6.07, 6.45) is 0. The van der Waals surface area contributed by atoms with E-state index < -0.39 is 5.60 Å². The topological polar surface area (TPSA) is 49.8 Å². The second kappa shape index (κ2) is 3.30. The monoisotopic (exact) mass is 219 g/mol. The summed E-state index contributed by atoms with van der Waals surface area (Å²) in [5.41, 5.74) is -0.714. The van der Waals surface area contributed by atoms with E-state index in [1.54, 1.807) is 17.0 Å². The molecule has 1 N–H and O–H groups in total. The van der Waals surface area contributed by atoms with E-state index >= 15 is 0 Å². The van der Waals surface area contributed by atoms with Crippen molar-refractivity contribution in [2.75, 3.05) is 19.8 Å². The molecule has 16 heavy (non-hydrogen) atoms. The van der Waals surface area contributed by atoms with Gasteiger partial charge in [-0.15, -0.1) is 0 Å². The number of aliphatic hydroxyl groups is 1. The number of hydrogen-bond acceptors (Lipinski definition) is 3. The molecule has 0 saturated carbocycles. The molecule has 1 amide bonds. The summed E-state index contributed by atoms with van der Waals surface area (Å²) in [5.74, 6) is -0.202. The minimum atomic E-state index is -1.37. The Morgan fingerprint density at radius 2 is 2.12 bits per heavy atom. The van der Waals surface area contributed by atoms with Crippen molar-refractivity contribution in [3.8, 4) is 0 Å². The maximum absolute atomic E-state index is 11.9. The van der Waals surface area contributed by atoms with E-state index in [1.165, 1.54) is 0 Å². The van der Waals surface area contributed by atoms with Crippen LogP contribution >= 0.6 is 0 Å². The third kappa shape index (κ3) is 1.08. The van der Waals surface area contributed by atoms with Crippen molar-refractivity contribution in [1.29, 1.82) is 0 Å². The largest absolute Gasteiger partial charge is 0.377 e. The number of carbonyl (C=O) groups is 1. The number of rotatable bonds is 1. The Kier molecular flexibility index (Phi) is 2.02. The predicted molar refractivity (Wildman–Crippen MR) is 56.7 cm³/mol. The van der Waals surface area contributed by atoms with Crippen LogP contribution < -0.4 is 0 Å². The van der Waals surface area contributed by atoms with Crippen molar-refractivity contribution in [1.82, 2.24) is 4.90 Å². The second-order valence-corrected chi connectivity index (χ2v) is 4.22. The molecule has 2 heterocycles. The van der Waals surface area contributed by atoms with Crippen LogP contribution in [0.1, 0.15) is 5.56 Å². The van der Waals surface area contributed by atoms with E-state index in [0.29, 0.717) is 25.3 Å². The minimum Gasteiger partial charge on any atom is -0.377 e. The predicted octanol–water partition coefficient (Wildman–Crippen LogP) is 0.115. The lowest BCUT2D eigenvalue weighted by Crippen LogP contribution is -2.75. The van der Waals surface area contributed by atoms with Crippen LogP contribution in [-0.2, 0) is 15.1 Å². The smallest absolute Gasteiger partial charge is 0.262 e. The zero-order valence-corrected chi connectivity index (χ0v) is 8.80. The summed E-state index contributed by atoms with van der Waals surface area (Å²) in [4.78, 5) is 13.6. The van der Waals surface area contributed by atoms with Crippen LogP contribution in [0, 0.1) is 0 Å². The number of benzene rings is 1. The quantitative estimate of drug-likeness (QED) is 0.682. The Morgan fingerprint density at radius 3 is 2.88 bits per heavy atom. The molecule has 2 fully saturated rings. The molecule has 2 aliphatic heterocycles. The van der Waals surface area contributed by atoms with E-state index in [2.05, 4.69) is 0 Å². The fraction of sp³-hybridized carbons (Fsp3) is 0.417. The summed E-state index contributed by atoms with van der Waals surface area (Å²) < 4.78 is 5.31. The standard InChI is InChI=1S/C12H13NO3/c14-11-12(15,9-4-2-1-3-5-9)10-8-16-7-6-13(10)11/h1-5,10,15H,6-8H2/t10-,12-/m1/s1. The number of fused-ring (bicyclic) bond motifs is 1. The summed E-state index contributed by atoms with van der Waals surface area (Å²) >= 11 is 0. The Morgan fingerprint density at radius 1 is 1.38 bits per heavy atom. The number of amides is 1. The van der Waals surface area contributed by atoms with Crippen molar-refractivity contribution < 1.29 is 14.6 Å². The number of carbonyl (C=O) groups excluding carboxylic acids is 1. The maximum Gasteiger partial charge on any atom is 0.262 e. The first-order chi connectivity index (χ1) is 7.74. The number of β-lactam (4-membered cyclic amide) rings is 1. The molecule has 4 nitrogen and oxygen atoms in total. The molecule has 2 saturated heterocycles. The normalized spacial score (nSPS) is 33.2. The SMILES string of the molecule is O=C1N2CCOC[C@@H]2[C@]1(O)c1ccccc1. The van der Waals surface area contributed by atoms with Gasteiger partial charge in [0.05, 0.1) is 19.3 Å². The molecular weight excluding hydrogens is 206 g/mol. The van der Waals surface area contributed by atoms with Crippen molar-refractivity contribution in [2.45, 2.75) is 11.6 Å². The highest BCUT2D eigenvalue weighted by Crippen LogP contribution is 2.41. The van der Waals surface area contributed by atoms with Crippen molar-refractivity contribution >= 4 is 5.91 Å². The zero-order chi connectivity index (χ0) is 11.2. The fourth-order valence-electron chi connectivity index (χ4n) is 2.50. The average Bonchev–Trinajstić information content (AvgIpc) is 2.38. The molecule has 3 rings (SSSR count). The third-order valence-corrected chi connectivity index (χ3v) is 3.41. The number of morpholine rings is 1. The molecule has 1 aromatic carbocycles. The fourth-order valence-corrected chi connectivity index (χ4v) is 2.50. The molecule has 0 aliphatic carbocycles. The molecule has 0 spiro atoms. The lowest BCUT2D eigenvalue weighted by Gasteiger charge is -2.54. The maximum atomic E-state index is 11.9. The first-order valence-electron chi connectivity index (χ1n) is 5.41. The zero-order valence-electron chi connectivity index (χ0n) is 8.80. The Bertz CT molecular complexity index is 420. The second-order valence-electron chi connectivity index (χ2n) is 4.22. The summed E-state index contributed by atoms with van der Waals surface area (Å²) in [5, 5.41) is 10.5. The van der Waals surface area contributed by atoms with Gasteiger partial charge < -0.3 is 14.7 Å². The van der Waals surface area contributed by atoms with Crippen LogP contribution in [0.15, 0.2) is 30.3 Å². The first kappa shape index (κ1) is 9.81. The number of hydrogen-bond donors (Lipinski definition) is 1. The van der Waals surface area contributed by atoms with Gasteiger partial charge >= 0.3 is 0 Å². The molecule has 0 aromatic heterocycles. The molecule has 4 heteroatoms. The summed E-state index contributed by atoms with van der Waals surface area (Å²) in [7, 11) is 0. The Labute approximate surface area is 93.4 Å². The van der Waals surface area contributed by atoms with Gasteiger partial charge in [-0.3, -0.25) is 4.79 Å². The molecule has 2 aliphatic rings. The van der Waals surface area contributed by atoms with Crippen LogP contribution in [0.25, 0.3) is 0 Å². The van der Waals surface area contributed by atoms with Gasteiger partial charge in [-0.1, -0.05) is 30.3 Å². The van der Waals surface area contributed by atoms with E-state index in [9.17, 15) is 9.90 Å². The number of ether oxygens (including phenoxy) is 1. The van der Waals surface area contributed by atoms with E-state index in [1.807, 2.05) is 18.2 Å². The van der Waals surface area contributed by atoms with Gasteiger partial charge in [0, 0.05) is 6.54 Å². The van der Waals surface area contributed by atoms with Gasteiger partial charge in [-0.25, -0.2) is 0 Å². The lowest BCUT2D eigenvalue weighted by molar-refractivity contribution is -0.213. The number of nitrogens with zero attached hydrogens (tertiary/aromatic N) is 1. The van der Waals surface area contributed by atoms with Gasteiger partial charge in [0.25, 0.3) is 5.91 Å². The molecule has 0 bridgehead atoms. The van der Waals surface area contributed by atoms with Crippen molar-refractivity contribution in [3.63, 3.8) is 0 Å². The van der Waals surface area contributed by atoms with Crippen LogP contribution in [-0.4, -0.2) is 41.7 Å². The molecule has 2 atom stereocenters. The average molecular weight is 219 g/mol. The minimum absolute atomic E-state index is 0.202. The molecule has 0 unspecified atom stereocenters. The van der Waals surface area contributed by atoms with Crippen molar-refractivity contribution in [3.05, 3.63) is 35.9 Å². The molecule has 0 radical (unpaired) electrons. The molecule has 1 aromatic rings. The summed E-state index contributed by atoms with van der Waals surface area (Å²) in [6, 6.07) is 8.86. The van der Waals surface area contributed by atoms with Crippen LogP contribution in [0.3, 0.4) is 0 Å². The molecule has 84 valence electrons. The van der Waals surface area contributed by atoms with Gasteiger partial charge in [0.1, 0.15) is 0 Å². The van der Waals surface area contributed by atoms with E-state index in [0.717, 1.165) is 0 Å². The van der Waals surface area contributed by atoms with Gasteiger partial charge in [0.15, 0.2) is 5.60 Å². The highest BCUT2D eigenvalue weighted by atomic mass is 16.5.